The molecule has 8 heteroatoms. The van der Waals surface area contributed by atoms with Crippen LogP contribution in [0, 0.1) is 0 Å². The maximum atomic E-state index is 13.0. The summed E-state index contributed by atoms with van der Waals surface area (Å²) in [7, 11) is 1.97. The van der Waals surface area contributed by atoms with Gasteiger partial charge in [-0.3, -0.25) is 10.0 Å². The number of carbonyl (C=O) groups excluding carboxylic acids is 1. The van der Waals surface area contributed by atoms with Crippen LogP contribution in [0.5, 0.6) is 0 Å². The lowest BCUT2D eigenvalue weighted by molar-refractivity contribution is -0.906. The van der Waals surface area contributed by atoms with Crippen LogP contribution in [0.3, 0.4) is 0 Å². The molecule has 0 spiro atoms. The Labute approximate surface area is 226 Å². The van der Waals surface area contributed by atoms with Crippen LogP contribution in [-0.4, -0.2) is 29.1 Å². The number of halogens is 3. The van der Waals surface area contributed by atoms with E-state index in [0.717, 1.165) is 68.1 Å². The Morgan fingerprint density at radius 3 is 2.46 bits per heavy atom. The van der Waals surface area contributed by atoms with Gasteiger partial charge >= 0.3 is 0 Å². The highest BCUT2D eigenvalue weighted by Crippen LogP contribution is 2.42. The first-order valence-electron chi connectivity index (χ1n) is 11.7. The number of amides is 1. The van der Waals surface area contributed by atoms with Gasteiger partial charge in [0.05, 0.1) is 16.5 Å². The summed E-state index contributed by atoms with van der Waals surface area (Å²) in [6.45, 7) is 1.33. The summed E-state index contributed by atoms with van der Waals surface area (Å²) in [6.07, 6.45) is 9.17. The molecule has 0 bridgehead atoms. The fourth-order valence-corrected chi connectivity index (χ4v) is 6.66. The van der Waals surface area contributed by atoms with Crippen molar-refractivity contribution in [3.05, 3.63) is 96.4 Å². The summed E-state index contributed by atoms with van der Waals surface area (Å²) in [5.41, 5.74) is 7.48. The summed E-state index contributed by atoms with van der Waals surface area (Å²) in [5, 5.41) is 11.7. The molecule has 0 saturated carbocycles. The van der Waals surface area contributed by atoms with Crippen molar-refractivity contribution in [2.24, 2.45) is 7.05 Å². The smallest absolute Gasteiger partial charge is 0.268 e. The van der Waals surface area contributed by atoms with E-state index in [2.05, 4.69) is 37.9 Å². The van der Waals surface area contributed by atoms with Gasteiger partial charge in [0.1, 0.15) is 7.05 Å². The molecule has 5 rings (SSSR count). The molecule has 0 radical (unpaired) electrons. The number of hydrogen-bond acceptors (Lipinski definition) is 2. The first kappa shape index (κ1) is 24.5. The molecular weight excluding hydrogens is 594 g/mol. The molecule has 0 unspecified atom stereocenters. The molecule has 3 heterocycles. The predicted molar refractivity (Wildman–Crippen MR) is 141 cm³/mol. The Balaban J connectivity index is 1.50. The van der Waals surface area contributed by atoms with Crippen LogP contribution in [0.1, 0.15) is 40.8 Å². The number of aromatic nitrogens is 2. The molecule has 2 aromatic heterocycles. The van der Waals surface area contributed by atoms with Gasteiger partial charge in [-0.25, -0.2) is 4.57 Å². The third-order valence-electron chi connectivity index (χ3n) is 6.85. The van der Waals surface area contributed by atoms with E-state index in [4.69, 9.17) is 11.6 Å². The number of likely N-dealkylation sites (tertiary alicyclic amines) is 1. The molecule has 0 atom stereocenters. The van der Waals surface area contributed by atoms with E-state index in [1.165, 1.54) is 10.3 Å². The van der Waals surface area contributed by atoms with Gasteiger partial charge in [0.25, 0.3) is 5.69 Å². The first-order valence-corrected chi connectivity index (χ1v) is 13.6. The van der Waals surface area contributed by atoms with Gasteiger partial charge in [0.2, 0.25) is 12.1 Å². The molecule has 3 aromatic rings. The van der Waals surface area contributed by atoms with Crippen LogP contribution < -0.4 is 9.30 Å². The van der Waals surface area contributed by atoms with E-state index in [-0.39, 0.29) is 5.91 Å². The normalized spacial score (nSPS) is 15.5. The molecule has 1 aliphatic carbocycles. The van der Waals surface area contributed by atoms with Gasteiger partial charge < -0.3 is 4.90 Å². The van der Waals surface area contributed by atoms with E-state index in [9.17, 15) is 10.0 Å². The minimum absolute atomic E-state index is 0.152. The van der Waals surface area contributed by atoms with Crippen molar-refractivity contribution in [3.63, 3.8) is 0 Å². The fraction of sp³-hybridized carbons (Fsp3) is 0.296. The average Bonchev–Trinajstić information content (AvgIpc) is 2.98. The number of piperidine rings is 1. The summed E-state index contributed by atoms with van der Waals surface area (Å²) in [4.78, 5) is 15.0. The third kappa shape index (κ3) is 5.04. The number of nitrogens with zero attached hydrogens (tertiary/aromatic N) is 3. The number of benzene rings is 1. The zero-order chi connectivity index (χ0) is 24.7. The summed E-state index contributed by atoms with van der Waals surface area (Å²) in [5.74, 6) is 0.152. The standard InChI is InChI=1S/C27H26Br2ClN3O2/c1-31-8-4-17(5-9-31)12-24(34)32-10-6-18(7-11-32)26-25-19(14-22(30)15-23(25)29)2-3-20-13-21(28)16-33(35)27(20)26/h4-5,8-9,13-16,35H,2-3,6-7,10-12H2,1H3/q+2. The lowest BCUT2D eigenvalue weighted by atomic mass is 9.88. The Morgan fingerprint density at radius 2 is 1.74 bits per heavy atom. The van der Waals surface area contributed by atoms with Crippen LogP contribution >= 0.6 is 43.5 Å². The van der Waals surface area contributed by atoms with Crippen molar-refractivity contribution in [3.8, 4) is 0 Å². The van der Waals surface area contributed by atoms with Gasteiger partial charge in [0.15, 0.2) is 12.4 Å². The minimum Gasteiger partial charge on any atom is -0.342 e. The van der Waals surface area contributed by atoms with E-state index >= 15 is 0 Å². The summed E-state index contributed by atoms with van der Waals surface area (Å²) in [6, 6.07) is 10.0. The third-order valence-corrected chi connectivity index (χ3v) is 8.13. The van der Waals surface area contributed by atoms with Crippen LogP contribution in [0.2, 0.25) is 5.02 Å². The molecule has 1 aromatic carbocycles. The van der Waals surface area contributed by atoms with Crippen molar-refractivity contribution in [2.45, 2.75) is 32.1 Å². The lowest BCUT2D eigenvalue weighted by Gasteiger charge is -2.30. The van der Waals surface area contributed by atoms with Crippen LogP contribution in [0.25, 0.3) is 5.57 Å². The van der Waals surface area contributed by atoms with E-state index in [0.29, 0.717) is 24.5 Å². The fourth-order valence-electron chi connectivity index (χ4n) is 5.11. The van der Waals surface area contributed by atoms with E-state index in [1.807, 2.05) is 53.2 Å². The number of pyridine rings is 2. The second-order valence-electron chi connectivity index (χ2n) is 9.21. The quantitative estimate of drug-likeness (QED) is 0.325. The largest absolute Gasteiger partial charge is 0.342 e. The highest BCUT2D eigenvalue weighted by molar-refractivity contribution is 9.10. The van der Waals surface area contributed by atoms with Crippen molar-refractivity contribution in [1.29, 1.82) is 0 Å². The second kappa shape index (κ2) is 10.0. The molecule has 1 fully saturated rings. The number of hydrogen-bond donors (Lipinski definition) is 1. The van der Waals surface area contributed by atoms with Gasteiger partial charge in [-0.15, -0.1) is 0 Å². The monoisotopic (exact) mass is 617 g/mol. The number of fused-ring (bicyclic) bond motifs is 2. The van der Waals surface area contributed by atoms with Crippen LogP contribution in [0.4, 0.5) is 0 Å². The highest BCUT2D eigenvalue weighted by Gasteiger charge is 2.34. The molecule has 5 nitrogen and oxygen atoms in total. The number of rotatable bonds is 2. The zero-order valence-corrected chi connectivity index (χ0v) is 23.3. The Bertz CT molecular complexity index is 1280. The second-order valence-corrected chi connectivity index (χ2v) is 11.4. The molecule has 1 N–H and O–H groups in total. The van der Waals surface area contributed by atoms with Crippen molar-refractivity contribution >= 4 is 54.9 Å². The average molecular weight is 620 g/mol. The zero-order valence-electron chi connectivity index (χ0n) is 19.4. The SMILES string of the molecule is C[n+]1ccc(CC(=O)N2CCC(=C3c4c(Br)cc(Cl)cc4CCc4cc(Br)c[n+](O)c43)CC2)cc1. The molecule has 35 heavy (non-hydrogen) atoms. The first-order chi connectivity index (χ1) is 16.8. The Morgan fingerprint density at radius 1 is 1.06 bits per heavy atom. The van der Waals surface area contributed by atoms with Crippen molar-refractivity contribution in [1.82, 2.24) is 4.90 Å². The molecule has 1 aliphatic heterocycles. The van der Waals surface area contributed by atoms with Crippen LogP contribution in [-0.2, 0) is 31.1 Å². The van der Waals surface area contributed by atoms with Gasteiger partial charge in [-0.05, 0) is 70.9 Å². The van der Waals surface area contributed by atoms with Gasteiger partial charge in [-0.1, -0.05) is 33.1 Å². The Hall–Kier alpha value is -2.22. The molecule has 2 aliphatic rings. The van der Waals surface area contributed by atoms with E-state index in [1.54, 1.807) is 6.20 Å². The molecule has 180 valence electrons. The van der Waals surface area contributed by atoms with Gasteiger partial charge in [-0.2, -0.15) is 0 Å². The Kier molecular flexibility index (Phi) is 7.02. The molecular formula is C27H26Br2ClN3O2+2. The molecule has 1 amide bonds. The maximum absolute atomic E-state index is 13.0. The topological polar surface area (TPSA) is 48.3 Å². The van der Waals surface area contributed by atoms with Crippen LogP contribution in [0.15, 0.2) is 63.4 Å². The van der Waals surface area contributed by atoms with Crippen molar-refractivity contribution < 1.29 is 19.3 Å². The summed E-state index contributed by atoms with van der Waals surface area (Å²) < 4.78 is 4.97. The van der Waals surface area contributed by atoms with Gasteiger partial charge in [0, 0.05) is 50.6 Å². The highest BCUT2D eigenvalue weighted by atomic mass is 79.9. The van der Waals surface area contributed by atoms with E-state index < -0.39 is 0 Å². The minimum atomic E-state index is 0.152. The lowest BCUT2D eigenvalue weighted by Crippen LogP contribution is -2.39. The predicted octanol–water partition coefficient (Wildman–Crippen LogP) is 4.98. The maximum Gasteiger partial charge on any atom is 0.268 e. The number of aryl methyl sites for hydroxylation is 3. The summed E-state index contributed by atoms with van der Waals surface area (Å²) >= 11 is 13.7. The molecule has 1 saturated heterocycles. The number of carbonyl (C=O) groups is 1. The van der Waals surface area contributed by atoms with Crippen molar-refractivity contribution in [2.75, 3.05) is 13.1 Å².